The molecule has 0 aliphatic rings. The molecule has 1 unspecified atom stereocenters. The van der Waals surface area contributed by atoms with Crippen LogP contribution in [-0.2, 0) is 7.05 Å². The molecule has 90 valence electrons. The van der Waals surface area contributed by atoms with Crippen molar-refractivity contribution >= 4 is 31.9 Å². The van der Waals surface area contributed by atoms with Crippen molar-refractivity contribution in [2.45, 2.75) is 6.04 Å². The van der Waals surface area contributed by atoms with Crippen LogP contribution in [0.15, 0.2) is 27.3 Å². The molecule has 1 aromatic carbocycles. The predicted octanol–water partition coefficient (Wildman–Crippen LogP) is 2.53. The second-order valence-corrected chi connectivity index (χ2v) is 5.15. The fourth-order valence-electron chi connectivity index (χ4n) is 1.53. The lowest BCUT2D eigenvalue weighted by Gasteiger charge is -2.12. The second-order valence-electron chi connectivity index (χ2n) is 3.54. The highest BCUT2D eigenvalue weighted by atomic mass is 79.9. The van der Waals surface area contributed by atoms with Crippen molar-refractivity contribution in [3.63, 3.8) is 0 Å². The van der Waals surface area contributed by atoms with Gasteiger partial charge in [0, 0.05) is 7.05 Å². The minimum atomic E-state index is -0.480. The number of benzene rings is 1. The van der Waals surface area contributed by atoms with Crippen molar-refractivity contribution in [3.8, 4) is 0 Å². The van der Waals surface area contributed by atoms with Gasteiger partial charge < -0.3 is 5.73 Å². The summed E-state index contributed by atoms with van der Waals surface area (Å²) in [7, 11) is 1.74. The molecule has 0 radical (unpaired) electrons. The summed E-state index contributed by atoms with van der Waals surface area (Å²) >= 11 is 6.37. The number of nitrogens with zero attached hydrogens (tertiary/aromatic N) is 3. The van der Waals surface area contributed by atoms with Crippen LogP contribution in [-0.4, -0.2) is 15.0 Å². The maximum atomic E-state index is 13.4. The van der Waals surface area contributed by atoms with E-state index in [4.69, 9.17) is 5.73 Å². The summed E-state index contributed by atoms with van der Waals surface area (Å²) < 4.78 is 16.0. The molecule has 0 spiro atoms. The molecule has 17 heavy (non-hydrogen) atoms. The number of rotatable bonds is 2. The van der Waals surface area contributed by atoms with Crippen LogP contribution in [0.5, 0.6) is 0 Å². The van der Waals surface area contributed by atoms with Gasteiger partial charge in [-0.25, -0.2) is 9.07 Å². The summed E-state index contributed by atoms with van der Waals surface area (Å²) in [5.74, 6) is -0.343. The molecule has 2 rings (SSSR count). The first-order valence-electron chi connectivity index (χ1n) is 4.76. The standard InChI is InChI=1S/C10H9Br2FN4/c1-17-9(10(12)15-16-17)8(14)5-2-3-6(11)7(13)4-5/h2-4,8H,14H2,1H3. The fraction of sp³-hybridized carbons (Fsp3) is 0.200. The first kappa shape index (κ1) is 12.7. The molecular weight excluding hydrogens is 355 g/mol. The molecular formula is C10H9Br2FN4. The molecule has 7 heteroatoms. The molecule has 4 nitrogen and oxygen atoms in total. The Balaban J connectivity index is 2.43. The van der Waals surface area contributed by atoms with E-state index >= 15 is 0 Å². The number of hydrogen-bond acceptors (Lipinski definition) is 3. The third kappa shape index (κ3) is 2.41. The van der Waals surface area contributed by atoms with Crippen LogP contribution >= 0.6 is 31.9 Å². The highest BCUT2D eigenvalue weighted by Crippen LogP contribution is 2.26. The van der Waals surface area contributed by atoms with Gasteiger partial charge in [0.1, 0.15) is 5.82 Å². The highest BCUT2D eigenvalue weighted by molar-refractivity contribution is 9.10. The highest BCUT2D eigenvalue weighted by Gasteiger charge is 2.18. The molecule has 2 N–H and O–H groups in total. The van der Waals surface area contributed by atoms with E-state index in [0.29, 0.717) is 20.3 Å². The SMILES string of the molecule is Cn1nnc(Br)c1C(N)c1ccc(Br)c(F)c1. The Hall–Kier alpha value is -0.790. The van der Waals surface area contributed by atoms with Crippen LogP contribution in [0.4, 0.5) is 4.39 Å². The van der Waals surface area contributed by atoms with Gasteiger partial charge in [0.2, 0.25) is 0 Å². The summed E-state index contributed by atoms with van der Waals surface area (Å²) in [6.45, 7) is 0. The number of halogens is 3. The molecule has 0 amide bonds. The van der Waals surface area contributed by atoms with Crippen LogP contribution < -0.4 is 5.73 Å². The Morgan fingerprint density at radius 1 is 1.41 bits per heavy atom. The van der Waals surface area contributed by atoms with E-state index in [1.807, 2.05) is 0 Å². The van der Waals surface area contributed by atoms with E-state index in [9.17, 15) is 4.39 Å². The summed E-state index contributed by atoms with van der Waals surface area (Å²) in [5.41, 5.74) is 7.43. The first-order valence-corrected chi connectivity index (χ1v) is 6.35. The van der Waals surface area contributed by atoms with Crippen LogP contribution in [0.25, 0.3) is 0 Å². The van der Waals surface area contributed by atoms with Gasteiger partial charge in [-0.1, -0.05) is 11.3 Å². The Morgan fingerprint density at radius 2 is 2.12 bits per heavy atom. The van der Waals surface area contributed by atoms with E-state index in [1.165, 1.54) is 6.07 Å². The van der Waals surface area contributed by atoms with Gasteiger partial charge in [-0.15, -0.1) is 5.10 Å². The molecule has 0 aliphatic heterocycles. The van der Waals surface area contributed by atoms with Crippen molar-refractivity contribution in [3.05, 3.63) is 44.3 Å². The Bertz CT molecular complexity index is 536. The number of aryl methyl sites for hydroxylation is 1. The van der Waals surface area contributed by atoms with Crippen LogP contribution in [0.2, 0.25) is 0 Å². The van der Waals surface area contributed by atoms with Crippen molar-refractivity contribution in [2.24, 2.45) is 12.8 Å². The molecule has 0 saturated carbocycles. The number of hydrogen-bond donors (Lipinski definition) is 1. The average Bonchev–Trinajstić information content (AvgIpc) is 2.62. The van der Waals surface area contributed by atoms with E-state index in [1.54, 1.807) is 23.9 Å². The lowest BCUT2D eigenvalue weighted by Crippen LogP contribution is -2.16. The van der Waals surface area contributed by atoms with Crippen LogP contribution in [0, 0.1) is 5.82 Å². The number of nitrogens with two attached hydrogens (primary N) is 1. The summed E-state index contributed by atoms with van der Waals surface area (Å²) in [4.78, 5) is 0. The molecule has 0 fully saturated rings. The third-order valence-electron chi connectivity index (χ3n) is 2.42. The maximum Gasteiger partial charge on any atom is 0.153 e. The Morgan fingerprint density at radius 3 is 2.65 bits per heavy atom. The monoisotopic (exact) mass is 362 g/mol. The van der Waals surface area contributed by atoms with Crippen molar-refractivity contribution < 1.29 is 4.39 Å². The van der Waals surface area contributed by atoms with E-state index < -0.39 is 6.04 Å². The Kier molecular flexibility index (Phi) is 3.60. The zero-order chi connectivity index (χ0) is 12.6. The van der Waals surface area contributed by atoms with Gasteiger partial charge in [0.25, 0.3) is 0 Å². The normalized spacial score (nSPS) is 12.8. The van der Waals surface area contributed by atoms with Crippen molar-refractivity contribution in [1.29, 1.82) is 0 Å². The van der Waals surface area contributed by atoms with Gasteiger partial charge in [-0.2, -0.15) is 0 Å². The smallest absolute Gasteiger partial charge is 0.153 e. The van der Waals surface area contributed by atoms with Crippen molar-refractivity contribution in [2.75, 3.05) is 0 Å². The van der Waals surface area contributed by atoms with E-state index in [2.05, 4.69) is 42.2 Å². The lowest BCUT2D eigenvalue weighted by molar-refractivity contribution is 0.611. The molecule has 0 aliphatic carbocycles. The summed E-state index contributed by atoms with van der Waals surface area (Å²) in [6, 6.07) is 4.31. The topological polar surface area (TPSA) is 56.7 Å². The third-order valence-corrected chi connectivity index (χ3v) is 3.63. The zero-order valence-electron chi connectivity index (χ0n) is 8.86. The predicted molar refractivity (Wildman–Crippen MR) is 68.8 cm³/mol. The lowest BCUT2D eigenvalue weighted by atomic mass is 10.1. The minimum Gasteiger partial charge on any atom is -0.319 e. The molecule has 1 atom stereocenters. The molecule has 0 saturated heterocycles. The van der Waals surface area contributed by atoms with Gasteiger partial charge >= 0.3 is 0 Å². The summed E-state index contributed by atoms with van der Waals surface area (Å²) in [6.07, 6.45) is 0. The van der Waals surface area contributed by atoms with E-state index in [-0.39, 0.29) is 5.82 Å². The van der Waals surface area contributed by atoms with Gasteiger partial charge in [-0.3, -0.25) is 0 Å². The zero-order valence-corrected chi connectivity index (χ0v) is 12.0. The van der Waals surface area contributed by atoms with Crippen molar-refractivity contribution in [1.82, 2.24) is 15.0 Å². The van der Waals surface area contributed by atoms with Crippen LogP contribution in [0.3, 0.4) is 0 Å². The minimum absolute atomic E-state index is 0.343. The molecule has 0 bridgehead atoms. The number of aromatic nitrogens is 3. The fourth-order valence-corrected chi connectivity index (χ4v) is 2.35. The van der Waals surface area contributed by atoms with Gasteiger partial charge in [0.05, 0.1) is 16.2 Å². The summed E-state index contributed by atoms with van der Waals surface area (Å²) in [5, 5.41) is 7.69. The molecule has 2 aromatic rings. The Labute approximate surface area is 114 Å². The molecule has 1 aromatic heterocycles. The van der Waals surface area contributed by atoms with E-state index in [0.717, 1.165) is 0 Å². The molecule has 1 heterocycles. The quantitative estimate of drug-likeness (QED) is 0.891. The van der Waals surface area contributed by atoms with Gasteiger partial charge in [-0.05, 0) is 49.6 Å². The first-order chi connectivity index (χ1) is 8.00. The largest absolute Gasteiger partial charge is 0.319 e. The average molecular weight is 364 g/mol. The van der Waals surface area contributed by atoms with Crippen LogP contribution in [0.1, 0.15) is 17.3 Å². The maximum absolute atomic E-state index is 13.4. The van der Waals surface area contributed by atoms with Gasteiger partial charge in [0.15, 0.2) is 4.60 Å². The second kappa shape index (κ2) is 4.83.